The van der Waals surface area contributed by atoms with E-state index in [-0.39, 0.29) is 29.8 Å². The highest BCUT2D eigenvalue weighted by atomic mass is 16.5. The van der Waals surface area contributed by atoms with Crippen molar-refractivity contribution >= 4 is 40.3 Å². The number of carbonyl (C=O) groups excluding carboxylic acids is 3. The number of nitrogens with zero attached hydrogens (tertiary/aromatic N) is 4. The fraction of sp³-hybridized carbons (Fsp3) is 0.575. The summed E-state index contributed by atoms with van der Waals surface area (Å²) in [5.74, 6) is 1.32. The number of aliphatic imine (C=N–C) groups is 1. The van der Waals surface area contributed by atoms with Gasteiger partial charge in [-0.05, 0) is 112 Å². The van der Waals surface area contributed by atoms with Crippen LogP contribution in [0.3, 0.4) is 0 Å². The molecule has 2 aliphatic heterocycles. The minimum atomic E-state index is -0.644. The minimum Gasteiger partial charge on any atom is -0.453 e. The highest BCUT2D eigenvalue weighted by molar-refractivity contribution is 5.95. The number of aryl methyl sites for hydroxylation is 3. The van der Waals surface area contributed by atoms with Crippen LogP contribution in [0.2, 0.25) is 0 Å². The van der Waals surface area contributed by atoms with Crippen molar-refractivity contribution in [2.75, 3.05) is 20.2 Å². The number of ether oxygens (including phenoxy) is 1. The predicted molar refractivity (Wildman–Crippen MR) is 199 cm³/mol. The molecule has 2 aliphatic rings. The van der Waals surface area contributed by atoms with Gasteiger partial charge < -0.3 is 24.8 Å². The van der Waals surface area contributed by atoms with Gasteiger partial charge >= 0.3 is 6.09 Å². The molecule has 2 aromatic carbocycles. The standard InChI is InChI=1S/C40H56N6O4/c1-25(2)22-36(47)45-20-11-15-35(45)38-42-31-19-18-30(24-33(31)43-38)13-9-8-12-29-17-16-27(5)32(23-29)41-28(6)34-14-10-21-46(34)39(48)37(26(3)4)44-40(49)50-7/h16-19,23-26,34-35,37H,8-15,20-22H2,1-7H3,(H,42,43)(H,44,49)/t34?,35-,37?/m0/s1. The van der Waals surface area contributed by atoms with Crippen LogP contribution in [0.15, 0.2) is 41.4 Å². The fourth-order valence-corrected chi connectivity index (χ4v) is 7.40. The van der Waals surface area contributed by atoms with Crippen molar-refractivity contribution in [1.29, 1.82) is 0 Å². The van der Waals surface area contributed by atoms with E-state index < -0.39 is 12.1 Å². The Kier molecular flexibility index (Phi) is 12.4. The monoisotopic (exact) mass is 684 g/mol. The highest BCUT2D eigenvalue weighted by Crippen LogP contribution is 2.33. The number of hydrogen-bond acceptors (Lipinski definition) is 6. The number of alkyl carbamates (subject to hydrolysis) is 1. The van der Waals surface area contributed by atoms with E-state index in [2.05, 4.69) is 67.5 Å². The topological polar surface area (TPSA) is 120 Å². The van der Waals surface area contributed by atoms with Crippen molar-refractivity contribution in [3.63, 3.8) is 0 Å². The molecule has 0 bridgehead atoms. The average molecular weight is 685 g/mol. The zero-order valence-corrected chi connectivity index (χ0v) is 31.1. The molecule has 10 nitrogen and oxygen atoms in total. The lowest BCUT2D eigenvalue weighted by Gasteiger charge is -2.30. The van der Waals surface area contributed by atoms with Gasteiger partial charge in [0, 0.05) is 25.2 Å². The number of likely N-dealkylation sites (tertiary alicyclic amines) is 2. The fourth-order valence-electron chi connectivity index (χ4n) is 7.40. The molecule has 1 aromatic heterocycles. The molecule has 2 saturated heterocycles. The Labute approximate surface area is 297 Å². The largest absolute Gasteiger partial charge is 0.453 e. The number of rotatable bonds is 13. The number of aromatic amines is 1. The summed E-state index contributed by atoms with van der Waals surface area (Å²) < 4.78 is 4.77. The summed E-state index contributed by atoms with van der Waals surface area (Å²) in [6.07, 6.45) is 7.77. The number of unbranched alkanes of at least 4 members (excludes halogenated alkanes) is 1. The second kappa shape index (κ2) is 16.7. The molecule has 0 saturated carbocycles. The summed E-state index contributed by atoms with van der Waals surface area (Å²) in [4.78, 5) is 55.7. The molecule has 0 spiro atoms. The Morgan fingerprint density at radius 1 is 0.980 bits per heavy atom. The molecular weight excluding hydrogens is 628 g/mol. The second-order valence-electron chi connectivity index (χ2n) is 14.9. The van der Waals surface area contributed by atoms with Crippen LogP contribution < -0.4 is 5.32 Å². The molecule has 10 heteroatoms. The number of methoxy groups -OCH3 is 1. The zero-order valence-electron chi connectivity index (χ0n) is 31.1. The first-order chi connectivity index (χ1) is 23.9. The zero-order chi connectivity index (χ0) is 35.9. The minimum absolute atomic E-state index is 0.0387. The summed E-state index contributed by atoms with van der Waals surface area (Å²) in [7, 11) is 1.31. The number of benzene rings is 2. The third-order valence-electron chi connectivity index (χ3n) is 10.2. The normalized spacial score (nSPS) is 18.8. The summed E-state index contributed by atoms with van der Waals surface area (Å²) in [5.41, 5.74) is 7.50. The van der Waals surface area contributed by atoms with Crippen molar-refractivity contribution in [3.8, 4) is 0 Å². The number of aromatic nitrogens is 2. The lowest BCUT2D eigenvalue weighted by Crippen LogP contribution is -2.53. The number of H-pyrrole nitrogens is 1. The molecule has 3 heterocycles. The summed E-state index contributed by atoms with van der Waals surface area (Å²) in [6.45, 7) is 13.6. The number of carbonyl (C=O) groups is 3. The Morgan fingerprint density at radius 3 is 2.36 bits per heavy atom. The number of hydrogen-bond donors (Lipinski definition) is 2. The Morgan fingerprint density at radius 2 is 1.66 bits per heavy atom. The van der Waals surface area contributed by atoms with Gasteiger partial charge in [-0.25, -0.2) is 9.78 Å². The van der Waals surface area contributed by atoms with E-state index in [1.165, 1.54) is 18.2 Å². The van der Waals surface area contributed by atoms with Crippen molar-refractivity contribution in [1.82, 2.24) is 25.1 Å². The van der Waals surface area contributed by atoms with E-state index in [1.807, 2.05) is 30.6 Å². The molecule has 50 heavy (non-hydrogen) atoms. The van der Waals surface area contributed by atoms with Crippen LogP contribution in [0, 0.1) is 18.8 Å². The lowest BCUT2D eigenvalue weighted by molar-refractivity contribution is -0.134. The Balaban J connectivity index is 1.18. The summed E-state index contributed by atoms with van der Waals surface area (Å²) in [5, 5.41) is 2.72. The molecule has 270 valence electrons. The third-order valence-corrected chi connectivity index (χ3v) is 10.2. The smallest absolute Gasteiger partial charge is 0.407 e. The van der Waals surface area contributed by atoms with Gasteiger partial charge in [0.1, 0.15) is 11.9 Å². The van der Waals surface area contributed by atoms with Crippen LogP contribution in [0.1, 0.15) is 108 Å². The van der Waals surface area contributed by atoms with Gasteiger partial charge in [0.2, 0.25) is 11.8 Å². The average Bonchev–Trinajstić information content (AvgIpc) is 3.85. The highest BCUT2D eigenvalue weighted by Gasteiger charge is 2.37. The molecule has 2 N–H and O–H groups in total. The van der Waals surface area contributed by atoms with Gasteiger partial charge in [-0.15, -0.1) is 0 Å². The molecule has 5 rings (SSSR count). The first-order valence-corrected chi connectivity index (χ1v) is 18.5. The Hall–Kier alpha value is -4.21. The first-order valence-electron chi connectivity index (χ1n) is 18.5. The van der Waals surface area contributed by atoms with Crippen LogP contribution in [0.4, 0.5) is 10.5 Å². The third kappa shape index (κ3) is 8.92. The van der Waals surface area contributed by atoms with E-state index in [1.54, 1.807) is 0 Å². The van der Waals surface area contributed by atoms with Gasteiger partial charge in [0.25, 0.3) is 0 Å². The van der Waals surface area contributed by atoms with E-state index in [4.69, 9.17) is 14.7 Å². The maximum Gasteiger partial charge on any atom is 0.407 e. The molecular formula is C40H56N6O4. The number of imidazole rings is 1. The molecule has 2 fully saturated rings. The molecule has 0 aliphatic carbocycles. The summed E-state index contributed by atoms with van der Waals surface area (Å²) in [6, 6.07) is 12.3. The van der Waals surface area contributed by atoms with E-state index >= 15 is 0 Å². The van der Waals surface area contributed by atoms with E-state index in [9.17, 15) is 14.4 Å². The van der Waals surface area contributed by atoms with Crippen molar-refractivity contribution in [2.24, 2.45) is 16.8 Å². The van der Waals surface area contributed by atoms with Gasteiger partial charge in [0.05, 0.1) is 35.9 Å². The maximum absolute atomic E-state index is 13.5. The van der Waals surface area contributed by atoms with Gasteiger partial charge in [0.15, 0.2) is 0 Å². The van der Waals surface area contributed by atoms with Crippen LogP contribution in [-0.2, 0) is 27.2 Å². The lowest BCUT2D eigenvalue weighted by atomic mass is 10.0. The molecule has 3 aromatic rings. The number of amides is 3. The molecule has 0 radical (unpaired) electrons. The summed E-state index contributed by atoms with van der Waals surface area (Å²) >= 11 is 0. The Bertz CT molecular complexity index is 1690. The first kappa shape index (κ1) is 37.1. The maximum atomic E-state index is 13.5. The van der Waals surface area contributed by atoms with Crippen molar-refractivity contribution < 1.29 is 19.1 Å². The van der Waals surface area contributed by atoms with Crippen LogP contribution in [0.25, 0.3) is 11.0 Å². The van der Waals surface area contributed by atoms with E-state index in [0.29, 0.717) is 18.9 Å². The van der Waals surface area contributed by atoms with Gasteiger partial charge in [-0.1, -0.05) is 45.9 Å². The van der Waals surface area contributed by atoms with Crippen molar-refractivity contribution in [2.45, 2.75) is 117 Å². The molecule has 3 amide bonds. The van der Waals surface area contributed by atoms with Crippen LogP contribution >= 0.6 is 0 Å². The van der Waals surface area contributed by atoms with Crippen LogP contribution in [0.5, 0.6) is 0 Å². The quantitative estimate of drug-likeness (QED) is 0.142. The van der Waals surface area contributed by atoms with E-state index in [0.717, 1.165) is 91.7 Å². The molecule has 2 unspecified atom stereocenters. The molecule has 3 atom stereocenters. The SMILES string of the molecule is COC(=O)NC(C(=O)N1CCCC1C(C)=Nc1cc(CCCCc2ccc3nc([C@@H]4CCCN4C(=O)CC(C)C)[nH]c3c2)ccc1C)C(C)C. The second-order valence-corrected chi connectivity index (χ2v) is 14.9. The van der Waals surface area contributed by atoms with Crippen LogP contribution in [-0.4, -0.2) is 75.7 Å². The number of fused-ring (bicyclic) bond motifs is 1. The number of nitrogens with one attached hydrogen (secondary N) is 2. The van der Waals surface area contributed by atoms with Gasteiger partial charge in [-0.3, -0.25) is 14.6 Å². The predicted octanol–water partition coefficient (Wildman–Crippen LogP) is 7.61. The van der Waals surface area contributed by atoms with Crippen molar-refractivity contribution in [3.05, 3.63) is 58.9 Å². The van der Waals surface area contributed by atoms with Gasteiger partial charge in [-0.2, -0.15) is 0 Å².